The number of benzene rings is 4. The van der Waals surface area contributed by atoms with Crippen molar-refractivity contribution in [3.8, 4) is 36.2 Å². The first kappa shape index (κ1) is 27.7. The third kappa shape index (κ3) is 6.58. The molecular weight excluding hydrogens is 524 g/mol. The largest absolute Gasteiger partial charge is 0.478 e. The van der Waals surface area contributed by atoms with Crippen molar-refractivity contribution in [2.24, 2.45) is 0 Å². The number of carbonyl (C=O) groups is 4. The van der Waals surface area contributed by atoms with Gasteiger partial charge in [-0.3, -0.25) is 9.59 Å². The minimum Gasteiger partial charge on any atom is -0.478 e. The summed E-state index contributed by atoms with van der Waals surface area (Å²) in [4.78, 5) is 49.5. The number of hydrogen-bond acceptors (Lipinski definition) is 5. The maximum Gasteiger partial charge on any atom is 0.336 e. The molecule has 0 aliphatic rings. The van der Waals surface area contributed by atoms with Gasteiger partial charge in [-0.05, 0) is 84.9 Å². The van der Waals surface area contributed by atoms with Crippen LogP contribution in [0.15, 0.2) is 84.9 Å². The lowest BCUT2D eigenvalue weighted by Gasteiger charge is -2.13. The lowest BCUT2D eigenvalue weighted by Crippen LogP contribution is -2.17. The highest BCUT2D eigenvalue weighted by atomic mass is 16.5. The van der Waals surface area contributed by atoms with Crippen molar-refractivity contribution in [1.29, 1.82) is 0 Å². The number of nitrogens with one attached hydrogen (secondary N) is 2. The van der Waals surface area contributed by atoms with Crippen LogP contribution in [0.3, 0.4) is 0 Å². The third-order valence-electron chi connectivity index (χ3n) is 5.79. The van der Waals surface area contributed by atoms with E-state index in [2.05, 4.69) is 22.5 Å². The quantitative estimate of drug-likeness (QED) is 0.219. The van der Waals surface area contributed by atoms with Crippen molar-refractivity contribution in [2.75, 3.05) is 10.6 Å². The summed E-state index contributed by atoms with van der Waals surface area (Å²) < 4.78 is 5.80. The van der Waals surface area contributed by atoms with Crippen LogP contribution < -0.4 is 15.4 Å². The fraction of sp³-hybridized carbons (Fsp3) is 0. The zero-order chi connectivity index (χ0) is 29.5. The molecule has 200 valence electrons. The average Bonchev–Trinajstić information content (AvgIpc) is 2.97. The third-order valence-corrected chi connectivity index (χ3v) is 5.79. The Bertz CT molecular complexity index is 1630. The number of carbonyl (C=O) groups excluding carboxylic acids is 2. The predicted molar refractivity (Wildman–Crippen MR) is 152 cm³/mol. The normalized spacial score (nSPS) is 10.0. The van der Waals surface area contributed by atoms with E-state index in [1.54, 1.807) is 48.5 Å². The molecule has 0 saturated heterocycles. The van der Waals surface area contributed by atoms with Crippen LogP contribution in [-0.2, 0) is 0 Å². The fourth-order valence-electron chi connectivity index (χ4n) is 3.75. The van der Waals surface area contributed by atoms with Crippen molar-refractivity contribution < 1.29 is 34.1 Å². The van der Waals surface area contributed by atoms with Gasteiger partial charge < -0.3 is 25.6 Å². The number of hydrogen-bond donors (Lipinski definition) is 4. The molecule has 4 rings (SSSR count). The van der Waals surface area contributed by atoms with Crippen molar-refractivity contribution >= 4 is 35.1 Å². The Morgan fingerprint density at radius 1 is 0.561 bits per heavy atom. The Kier molecular flexibility index (Phi) is 8.13. The Balaban J connectivity index is 1.61. The number of carboxylic acids is 2. The number of terminal acetylenes is 2. The van der Waals surface area contributed by atoms with E-state index >= 15 is 0 Å². The molecule has 0 fully saturated rings. The SMILES string of the molecule is C#Cc1ccc(NC(=O)c2cc(Oc3ccc(C(=O)O)c(C(=O)Nc4ccc(C#C)cc4)c3)ccc2C(=O)O)cc1. The molecule has 0 aliphatic heterocycles. The van der Waals surface area contributed by atoms with Crippen molar-refractivity contribution in [2.45, 2.75) is 0 Å². The lowest BCUT2D eigenvalue weighted by atomic mass is 10.1. The fourth-order valence-corrected chi connectivity index (χ4v) is 3.75. The smallest absolute Gasteiger partial charge is 0.336 e. The Labute approximate surface area is 234 Å². The molecule has 41 heavy (non-hydrogen) atoms. The number of rotatable bonds is 8. The molecule has 0 aliphatic carbocycles. The topological polar surface area (TPSA) is 142 Å². The second kappa shape index (κ2) is 12.0. The summed E-state index contributed by atoms with van der Waals surface area (Å²) in [7, 11) is 0. The zero-order valence-corrected chi connectivity index (χ0v) is 21.2. The molecular formula is C32H20N2O7. The highest BCUT2D eigenvalue weighted by Gasteiger charge is 2.21. The molecule has 0 atom stereocenters. The molecule has 0 spiro atoms. The Hall–Kier alpha value is -6.32. The summed E-state index contributed by atoms with van der Waals surface area (Å²) in [5.74, 6) is 0.984. The Morgan fingerprint density at radius 2 is 0.927 bits per heavy atom. The molecule has 0 saturated carbocycles. The van der Waals surface area contributed by atoms with Gasteiger partial charge in [0.05, 0.1) is 22.3 Å². The van der Waals surface area contributed by atoms with E-state index in [1.807, 2.05) is 0 Å². The van der Waals surface area contributed by atoms with E-state index in [4.69, 9.17) is 17.6 Å². The van der Waals surface area contributed by atoms with Crippen LogP contribution in [0, 0.1) is 24.7 Å². The Morgan fingerprint density at radius 3 is 1.24 bits per heavy atom. The van der Waals surface area contributed by atoms with Gasteiger partial charge in [0.2, 0.25) is 0 Å². The monoisotopic (exact) mass is 544 g/mol. The highest BCUT2D eigenvalue weighted by Crippen LogP contribution is 2.28. The van der Waals surface area contributed by atoms with E-state index in [9.17, 15) is 29.4 Å². The van der Waals surface area contributed by atoms with Gasteiger partial charge in [-0.25, -0.2) is 9.59 Å². The summed E-state index contributed by atoms with van der Waals surface area (Å²) in [6.45, 7) is 0. The van der Waals surface area contributed by atoms with Crippen LogP contribution in [0.2, 0.25) is 0 Å². The summed E-state index contributed by atoms with van der Waals surface area (Å²) >= 11 is 0. The highest BCUT2D eigenvalue weighted by molar-refractivity contribution is 6.12. The van der Waals surface area contributed by atoms with Gasteiger partial charge in [0.25, 0.3) is 11.8 Å². The first-order valence-electron chi connectivity index (χ1n) is 11.9. The molecule has 4 aromatic rings. The lowest BCUT2D eigenvalue weighted by molar-refractivity contribution is 0.0683. The van der Waals surface area contributed by atoms with Crippen LogP contribution in [0.25, 0.3) is 0 Å². The molecule has 9 nitrogen and oxygen atoms in total. The van der Waals surface area contributed by atoms with Crippen LogP contribution in [-0.4, -0.2) is 34.0 Å². The maximum absolute atomic E-state index is 13.0. The number of amides is 2. The second-order valence-corrected chi connectivity index (χ2v) is 8.48. The van der Waals surface area contributed by atoms with Gasteiger partial charge >= 0.3 is 11.9 Å². The zero-order valence-electron chi connectivity index (χ0n) is 21.2. The molecule has 4 N–H and O–H groups in total. The second-order valence-electron chi connectivity index (χ2n) is 8.48. The van der Waals surface area contributed by atoms with Gasteiger partial charge in [0.15, 0.2) is 0 Å². The molecule has 9 heteroatoms. The van der Waals surface area contributed by atoms with Gasteiger partial charge in [0, 0.05) is 22.5 Å². The predicted octanol–water partition coefficient (Wildman–Crippen LogP) is 5.34. The van der Waals surface area contributed by atoms with Gasteiger partial charge in [-0.2, -0.15) is 0 Å². The molecule has 0 unspecified atom stereocenters. The van der Waals surface area contributed by atoms with E-state index < -0.39 is 23.8 Å². The number of anilines is 2. The van der Waals surface area contributed by atoms with Gasteiger partial charge in [-0.1, -0.05) is 11.8 Å². The molecule has 0 bridgehead atoms. The minimum absolute atomic E-state index is 0.0714. The number of aromatic carboxylic acids is 2. The van der Waals surface area contributed by atoms with Crippen molar-refractivity contribution in [3.63, 3.8) is 0 Å². The summed E-state index contributed by atoms with van der Waals surface area (Å²) in [6.07, 6.45) is 10.7. The van der Waals surface area contributed by atoms with Gasteiger partial charge in [0.1, 0.15) is 11.5 Å². The van der Waals surface area contributed by atoms with Crippen LogP contribution in [0.1, 0.15) is 52.6 Å². The standard InChI is InChI=1S/C32H20N2O7/c1-3-19-5-9-21(10-6-19)33-29(35)27-17-23(13-15-25(27)31(37)38)41-24-14-16-26(32(39)40)28(18-24)30(36)34-22-11-7-20(4-2)8-12-22/h1-2,5-18H,(H,33,35)(H,34,36)(H,37,38)(H,39,40). The molecule has 0 aromatic heterocycles. The first-order valence-corrected chi connectivity index (χ1v) is 11.9. The van der Waals surface area contributed by atoms with E-state index in [0.29, 0.717) is 22.5 Å². The summed E-state index contributed by atoms with van der Waals surface area (Å²) in [6, 6.07) is 20.3. The van der Waals surface area contributed by atoms with E-state index in [-0.39, 0.29) is 33.8 Å². The minimum atomic E-state index is -1.33. The van der Waals surface area contributed by atoms with E-state index in [1.165, 1.54) is 36.4 Å². The van der Waals surface area contributed by atoms with Gasteiger partial charge in [-0.15, -0.1) is 12.8 Å². The molecule has 0 radical (unpaired) electrons. The summed E-state index contributed by atoms with van der Waals surface area (Å²) in [5, 5.41) is 24.4. The molecule has 0 heterocycles. The summed E-state index contributed by atoms with van der Waals surface area (Å²) in [5.41, 5.74) is 1.08. The molecule has 4 aromatic carbocycles. The number of carboxylic acid groups (broad SMARTS) is 2. The van der Waals surface area contributed by atoms with Crippen molar-refractivity contribution in [3.05, 3.63) is 118 Å². The van der Waals surface area contributed by atoms with Crippen LogP contribution in [0.5, 0.6) is 11.5 Å². The average molecular weight is 545 g/mol. The maximum atomic E-state index is 13.0. The van der Waals surface area contributed by atoms with Crippen LogP contribution in [0.4, 0.5) is 11.4 Å². The van der Waals surface area contributed by atoms with Crippen molar-refractivity contribution in [1.82, 2.24) is 0 Å². The number of ether oxygens (including phenoxy) is 1. The first-order chi connectivity index (χ1) is 19.7. The van der Waals surface area contributed by atoms with Crippen LogP contribution >= 0.6 is 0 Å². The molecule has 2 amide bonds. The van der Waals surface area contributed by atoms with E-state index in [0.717, 1.165) is 0 Å².